The lowest BCUT2D eigenvalue weighted by molar-refractivity contribution is 0.669. The summed E-state index contributed by atoms with van der Waals surface area (Å²) in [6, 6.07) is 73.4. The Morgan fingerprint density at radius 1 is 0.323 bits per heavy atom. The number of aromatic nitrogens is 5. The number of para-hydroxylation sites is 1. The van der Waals surface area contributed by atoms with Crippen LogP contribution < -0.4 is 0 Å². The third-order valence-corrected chi connectivity index (χ3v) is 11.7. The van der Waals surface area contributed by atoms with Gasteiger partial charge in [0.1, 0.15) is 16.9 Å². The van der Waals surface area contributed by atoms with Crippen molar-refractivity contribution in [3.05, 3.63) is 212 Å². The molecular weight excluding hydrogens is 759 g/mol. The highest BCUT2D eigenvalue weighted by Crippen LogP contribution is 2.46. The minimum absolute atomic E-state index is 0.580. The Morgan fingerprint density at radius 2 is 0.823 bits per heavy atom. The van der Waals surface area contributed by atoms with Crippen LogP contribution in [0.4, 0.5) is 0 Å². The molecule has 0 unspecified atom stereocenters. The van der Waals surface area contributed by atoms with Gasteiger partial charge in [0.2, 0.25) is 0 Å². The Labute approximate surface area is 357 Å². The number of rotatable bonds is 7. The highest BCUT2D eigenvalue weighted by atomic mass is 16.3. The zero-order chi connectivity index (χ0) is 41.0. The molecule has 0 atom stereocenters. The van der Waals surface area contributed by atoms with E-state index in [0.29, 0.717) is 17.5 Å². The molecule has 0 aliphatic carbocycles. The van der Waals surface area contributed by atoms with Crippen LogP contribution in [0.1, 0.15) is 0 Å². The van der Waals surface area contributed by atoms with Crippen molar-refractivity contribution >= 4 is 38.2 Å². The monoisotopic (exact) mass is 793 g/mol. The Bertz CT molecular complexity index is 3620. The number of nitrogens with zero attached hydrogens (tertiary/aromatic N) is 5. The molecule has 0 fully saturated rings. The van der Waals surface area contributed by atoms with E-state index in [1.54, 1.807) is 0 Å². The lowest BCUT2D eigenvalue weighted by Crippen LogP contribution is -2.01. The van der Waals surface area contributed by atoms with Crippen molar-refractivity contribution in [1.29, 1.82) is 0 Å². The lowest BCUT2D eigenvalue weighted by Gasteiger charge is -2.18. The van der Waals surface area contributed by atoms with Crippen LogP contribution in [0, 0.1) is 0 Å². The molecule has 6 heteroatoms. The average Bonchev–Trinajstić information content (AvgIpc) is 3.94. The van der Waals surface area contributed by atoms with E-state index in [4.69, 9.17) is 24.5 Å². The van der Waals surface area contributed by atoms with Crippen molar-refractivity contribution in [2.45, 2.75) is 0 Å². The SMILES string of the molecule is c1ccc(-c2nc(-c3cccc(-c4c(-c5ccccc5)n5nc(-c6ccccc6)c(-c6ccccc6)c5c5ccccc45)c3)nc(-c3ccc4oc5ccccc5c4c3)n2)cc1. The summed E-state index contributed by atoms with van der Waals surface area (Å²) in [5.74, 6) is 1.77. The standard InChI is InChI=1S/C56H35N5O/c1-5-18-36(19-6-1)50-51(37-20-7-2-8-21-37)60-61-52(38-22-9-3-10-23-38)49(44-29-13-14-30-45(44)53(50)61)40-26-17-27-41(34-40)55-57-54(39-24-11-4-12-25-39)58-56(59-55)42-32-33-48-46(35-42)43-28-15-16-31-47(43)62-48/h1-35H. The van der Waals surface area contributed by atoms with Gasteiger partial charge in [0, 0.05) is 55.1 Å². The average molecular weight is 794 g/mol. The second-order valence-electron chi connectivity index (χ2n) is 15.4. The van der Waals surface area contributed by atoms with E-state index in [2.05, 4.69) is 156 Å². The summed E-state index contributed by atoms with van der Waals surface area (Å²) in [6.45, 7) is 0. The van der Waals surface area contributed by atoms with Crippen molar-refractivity contribution in [3.63, 3.8) is 0 Å². The Morgan fingerprint density at radius 3 is 1.52 bits per heavy atom. The number of benzene rings is 8. The summed E-state index contributed by atoms with van der Waals surface area (Å²) >= 11 is 0. The van der Waals surface area contributed by atoms with Gasteiger partial charge in [-0.2, -0.15) is 5.10 Å². The van der Waals surface area contributed by atoms with Crippen molar-refractivity contribution < 1.29 is 4.42 Å². The molecule has 0 saturated heterocycles. The fraction of sp³-hybridized carbons (Fsp3) is 0. The fourth-order valence-corrected chi connectivity index (χ4v) is 8.83. The fourth-order valence-electron chi connectivity index (χ4n) is 8.83. The maximum absolute atomic E-state index is 6.18. The largest absolute Gasteiger partial charge is 0.456 e. The number of furan rings is 1. The topological polar surface area (TPSA) is 69.1 Å². The summed E-state index contributed by atoms with van der Waals surface area (Å²) < 4.78 is 8.35. The first-order chi connectivity index (χ1) is 30.7. The van der Waals surface area contributed by atoms with Crippen LogP contribution in [-0.4, -0.2) is 24.6 Å². The Kier molecular flexibility index (Phi) is 8.38. The molecule has 6 nitrogen and oxygen atoms in total. The zero-order valence-electron chi connectivity index (χ0n) is 33.4. The summed E-state index contributed by atoms with van der Waals surface area (Å²) in [5.41, 5.74) is 13.7. The second-order valence-corrected chi connectivity index (χ2v) is 15.4. The summed E-state index contributed by atoms with van der Waals surface area (Å²) in [6.07, 6.45) is 0. The van der Waals surface area contributed by atoms with Crippen LogP contribution in [-0.2, 0) is 0 Å². The second kappa shape index (κ2) is 14.7. The number of hydrogen-bond acceptors (Lipinski definition) is 5. The van der Waals surface area contributed by atoms with Crippen LogP contribution in [0.15, 0.2) is 217 Å². The predicted octanol–water partition coefficient (Wildman–Crippen LogP) is 14.2. The van der Waals surface area contributed by atoms with Crippen LogP contribution in [0.5, 0.6) is 0 Å². The minimum Gasteiger partial charge on any atom is -0.456 e. The Balaban J connectivity index is 1.11. The van der Waals surface area contributed by atoms with Crippen LogP contribution in [0.2, 0.25) is 0 Å². The van der Waals surface area contributed by atoms with Gasteiger partial charge in [-0.3, -0.25) is 0 Å². The van der Waals surface area contributed by atoms with E-state index in [0.717, 1.165) is 99.7 Å². The maximum atomic E-state index is 6.18. The smallest absolute Gasteiger partial charge is 0.164 e. The first kappa shape index (κ1) is 35.5. The number of hydrogen-bond donors (Lipinski definition) is 0. The Hall–Kier alpha value is -8.48. The van der Waals surface area contributed by atoms with E-state index >= 15 is 0 Å². The van der Waals surface area contributed by atoms with Crippen molar-refractivity contribution in [2.75, 3.05) is 0 Å². The van der Waals surface area contributed by atoms with Gasteiger partial charge in [-0.15, -0.1) is 0 Å². The minimum atomic E-state index is 0.580. The van der Waals surface area contributed by atoms with Crippen molar-refractivity contribution in [1.82, 2.24) is 24.6 Å². The summed E-state index contributed by atoms with van der Waals surface area (Å²) in [7, 11) is 0. The molecule has 62 heavy (non-hydrogen) atoms. The summed E-state index contributed by atoms with van der Waals surface area (Å²) in [5, 5.41) is 9.85. The quantitative estimate of drug-likeness (QED) is 0.161. The molecular formula is C56H35N5O. The van der Waals surface area contributed by atoms with Crippen molar-refractivity contribution in [3.8, 4) is 78.9 Å². The van der Waals surface area contributed by atoms with Crippen LogP contribution in [0.3, 0.4) is 0 Å². The molecule has 4 aromatic heterocycles. The molecule has 0 spiro atoms. The molecule has 290 valence electrons. The molecule has 0 bridgehead atoms. The first-order valence-corrected chi connectivity index (χ1v) is 20.7. The zero-order valence-corrected chi connectivity index (χ0v) is 33.4. The highest BCUT2D eigenvalue weighted by molar-refractivity contribution is 6.15. The molecule has 8 aromatic carbocycles. The van der Waals surface area contributed by atoms with E-state index in [9.17, 15) is 0 Å². The van der Waals surface area contributed by atoms with Crippen LogP contribution in [0.25, 0.3) is 117 Å². The molecule has 0 N–H and O–H groups in total. The first-order valence-electron chi connectivity index (χ1n) is 20.7. The van der Waals surface area contributed by atoms with E-state index < -0.39 is 0 Å². The van der Waals surface area contributed by atoms with E-state index in [-0.39, 0.29) is 0 Å². The van der Waals surface area contributed by atoms with E-state index in [1.165, 1.54) is 0 Å². The molecule has 12 rings (SSSR count). The molecule has 0 aliphatic rings. The normalized spacial score (nSPS) is 11.5. The maximum Gasteiger partial charge on any atom is 0.164 e. The molecule has 0 amide bonds. The van der Waals surface area contributed by atoms with Gasteiger partial charge in [-0.25, -0.2) is 19.5 Å². The van der Waals surface area contributed by atoms with Gasteiger partial charge < -0.3 is 4.42 Å². The third kappa shape index (κ3) is 5.96. The van der Waals surface area contributed by atoms with Gasteiger partial charge >= 0.3 is 0 Å². The van der Waals surface area contributed by atoms with Gasteiger partial charge in [0.25, 0.3) is 0 Å². The third-order valence-electron chi connectivity index (χ3n) is 11.7. The number of pyridine rings is 1. The molecule has 0 radical (unpaired) electrons. The van der Waals surface area contributed by atoms with Crippen LogP contribution >= 0.6 is 0 Å². The highest BCUT2D eigenvalue weighted by Gasteiger charge is 2.25. The van der Waals surface area contributed by atoms with E-state index in [1.807, 2.05) is 60.7 Å². The van der Waals surface area contributed by atoms with Gasteiger partial charge in [0.05, 0.1) is 11.2 Å². The van der Waals surface area contributed by atoms with Gasteiger partial charge in [-0.1, -0.05) is 182 Å². The van der Waals surface area contributed by atoms with Gasteiger partial charge in [-0.05, 0) is 46.8 Å². The molecule has 0 saturated carbocycles. The molecule has 12 aromatic rings. The predicted molar refractivity (Wildman–Crippen MR) is 251 cm³/mol. The molecule has 0 aliphatic heterocycles. The lowest BCUT2D eigenvalue weighted by atomic mass is 9.90. The van der Waals surface area contributed by atoms with Gasteiger partial charge in [0.15, 0.2) is 17.5 Å². The number of fused-ring (bicyclic) bond motifs is 6. The summed E-state index contributed by atoms with van der Waals surface area (Å²) in [4.78, 5) is 15.4. The van der Waals surface area contributed by atoms with Crippen molar-refractivity contribution in [2.24, 2.45) is 0 Å². The molecule has 4 heterocycles.